The fourth-order valence-corrected chi connectivity index (χ4v) is 3.14. The highest BCUT2D eigenvalue weighted by molar-refractivity contribution is 5.85. The van der Waals surface area contributed by atoms with Crippen LogP contribution >= 0.6 is 0 Å². The number of hydrogen-bond donors (Lipinski definition) is 2. The quantitative estimate of drug-likeness (QED) is 0.845. The monoisotopic (exact) mass is 289 g/mol. The lowest BCUT2D eigenvalue weighted by atomic mass is 9.79. The number of carbonyl (C=O) groups is 2. The zero-order valence-corrected chi connectivity index (χ0v) is 12.7. The van der Waals surface area contributed by atoms with E-state index in [0.29, 0.717) is 12.8 Å². The Bertz CT molecular complexity index is 535. The molecule has 0 bridgehead atoms. The van der Waals surface area contributed by atoms with Crippen LogP contribution in [-0.4, -0.2) is 17.0 Å². The molecule has 0 heterocycles. The van der Waals surface area contributed by atoms with Crippen molar-refractivity contribution < 1.29 is 14.7 Å². The van der Waals surface area contributed by atoms with Crippen molar-refractivity contribution in [3.63, 3.8) is 0 Å². The van der Waals surface area contributed by atoms with Gasteiger partial charge in [0.25, 0.3) is 0 Å². The number of nitrogens with one attached hydrogen (secondary N) is 1. The molecule has 1 unspecified atom stereocenters. The van der Waals surface area contributed by atoms with Crippen molar-refractivity contribution >= 4 is 11.9 Å². The summed E-state index contributed by atoms with van der Waals surface area (Å²) >= 11 is 0. The van der Waals surface area contributed by atoms with Gasteiger partial charge in [0.05, 0.1) is 11.5 Å². The normalized spacial score (nSPS) is 17.3. The first-order valence-electron chi connectivity index (χ1n) is 7.63. The van der Waals surface area contributed by atoms with E-state index in [-0.39, 0.29) is 18.4 Å². The molecule has 2 N–H and O–H groups in total. The summed E-state index contributed by atoms with van der Waals surface area (Å²) in [5.41, 5.74) is 1.50. The number of hydrogen-bond acceptors (Lipinski definition) is 2. The molecule has 0 saturated carbocycles. The molecule has 4 nitrogen and oxygen atoms in total. The van der Waals surface area contributed by atoms with Gasteiger partial charge in [-0.05, 0) is 36.8 Å². The Morgan fingerprint density at radius 1 is 1.29 bits per heavy atom. The second-order valence-corrected chi connectivity index (χ2v) is 5.83. The standard InChI is InChI=1S/C17H23NO3/c1-3-17(4-2,16(20)21)11-15(19)18-14-10-9-12-7-5-6-8-13(12)14/h5-8,14H,3-4,9-11H2,1-2H3,(H,18,19)(H,20,21). The van der Waals surface area contributed by atoms with E-state index in [9.17, 15) is 14.7 Å². The van der Waals surface area contributed by atoms with Crippen molar-refractivity contribution in [1.82, 2.24) is 5.32 Å². The van der Waals surface area contributed by atoms with Gasteiger partial charge in [-0.3, -0.25) is 9.59 Å². The molecule has 0 fully saturated rings. The predicted octanol–water partition coefficient (Wildman–Crippen LogP) is 3.07. The molecule has 2 rings (SSSR count). The van der Waals surface area contributed by atoms with Gasteiger partial charge in [0, 0.05) is 6.42 Å². The first-order chi connectivity index (χ1) is 10.0. The minimum absolute atomic E-state index is 0.0221. The first-order valence-corrected chi connectivity index (χ1v) is 7.63. The van der Waals surface area contributed by atoms with Gasteiger partial charge in [0.2, 0.25) is 5.91 Å². The molecule has 4 heteroatoms. The highest BCUT2D eigenvalue weighted by Crippen LogP contribution is 2.33. The molecule has 21 heavy (non-hydrogen) atoms. The maximum absolute atomic E-state index is 12.3. The minimum Gasteiger partial charge on any atom is -0.481 e. The van der Waals surface area contributed by atoms with E-state index in [1.165, 1.54) is 11.1 Å². The van der Waals surface area contributed by atoms with Crippen LogP contribution in [0.1, 0.15) is 56.7 Å². The van der Waals surface area contributed by atoms with Crippen molar-refractivity contribution in [3.05, 3.63) is 35.4 Å². The molecule has 0 saturated heterocycles. The maximum atomic E-state index is 12.3. The number of carboxylic acids is 1. The van der Waals surface area contributed by atoms with E-state index < -0.39 is 11.4 Å². The van der Waals surface area contributed by atoms with Crippen molar-refractivity contribution in [2.75, 3.05) is 0 Å². The zero-order valence-electron chi connectivity index (χ0n) is 12.7. The fourth-order valence-electron chi connectivity index (χ4n) is 3.14. The number of aryl methyl sites for hydroxylation is 1. The van der Waals surface area contributed by atoms with E-state index in [0.717, 1.165) is 12.8 Å². The highest BCUT2D eigenvalue weighted by Gasteiger charge is 2.37. The van der Waals surface area contributed by atoms with Crippen LogP contribution in [-0.2, 0) is 16.0 Å². The molecule has 1 aromatic carbocycles. The molecule has 1 atom stereocenters. The van der Waals surface area contributed by atoms with Crippen molar-refractivity contribution in [2.45, 2.75) is 52.0 Å². The van der Waals surface area contributed by atoms with E-state index in [2.05, 4.69) is 11.4 Å². The lowest BCUT2D eigenvalue weighted by Crippen LogP contribution is -2.37. The van der Waals surface area contributed by atoms with Gasteiger partial charge < -0.3 is 10.4 Å². The fraction of sp³-hybridized carbons (Fsp3) is 0.529. The zero-order chi connectivity index (χ0) is 15.5. The summed E-state index contributed by atoms with van der Waals surface area (Å²) < 4.78 is 0. The predicted molar refractivity (Wildman–Crippen MR) is 80.9 cm³/mol. The summed E-state index contributed by atoms with van der Waals surface area (Å²) in [5, 5.41) is 12.4. The third-order valence-electron chi connectivity index (χ3n) is 4.77. The number of carbonyl (C=O) groups excluding carboxylic acids is 1. The van der Waals surface area contributed by atoms with Crippen molar-refractivity contribution in [2.24, 2.45) is 5.41 Å². The molecule has 1 amide bonds. The summed E-state index contributed by atoms with van der Waals surface area (Å²) in [6.07, 6.45) is 2.84. The molecule has 0 radical (unpaired) electrons. The van der Waals surface area contributed by atoms with E-state index >= 15 is 0 Å². The molecule has 114 valence electrons. The van der Waals surface area contributed by atoms with Crippen LogP contribution in [0.15, 0.2) is 24.3 Å². The summed E-state index contributed by atoms with van der Waals surface area (Å²) in [5.74, 6) is -1.04. The van der Waals surface area contributed by atoms with Gasteiger partial charge >= 0.3 is 5.97 Å². The van der Waals surface area contributed by atoms with Crippen LogP contribution in [0, 0.1) is 5.41 Å². The summed E-state index contributed by atoms with van der Waals surface area (Å²) in [6, 6.07) is 8.13. The van der Waals surface area contributed by atoms with Crippen LogP contribution in [0.2, 0.25) is 0 Å². The third-order valence-corrected chi connectivity index (χ3v) is 4.77. The summed E-state index contributed by atoms with van der Waals surface area (Å²) in [7, 11) is 0. The van der Waals surface area contributed by atoms with E-state index in [4.69, 9.17) is 0 Å². The van der Waals surface area contributed by atoms with Crippen LogP contribution in [0.4, 0.5) is 0 Å². The lowest BCUT2D eigenvalue weighted by molar-refractivity contribution is -0.152. The largest absolute Gasteiger partial charge is 0.481 e. The molecule has 0 spiro atoms. The SMILES string of the molecule is CCC(CC)(CC(=O)NC1CCc2ccccc21)C(=O)O. The van der Waals surface area contributed by atoms with Crippen LogP contribution in [0.5, 0.6) is 0 Å². The molecular formula is C17H23NO3. The van der Waals surface area contributed by atoms with Crippen molar-refractivity contribution in [3.8, 4) is 0 Å². The number of fused-ring (bicyclic) bond motifs is 1. The van der Waals surface area contributed by atoms with Gasteiger partial charge in [-0.25, -0.2) is 0 Å². The number of amides is 1. The third kappa shape index (κ3) is 3.09. The van der Waals surface area contributed by atoms with Gasteiger partial charge in [-0.2, -0.15) is 0 Å². The Balaban J connectivity index is 2.04. The molecule has 1 aliphatic rings. The van der Waals surface area contributed by atoms with Gasteiger partial charge in [-0.1, -0.05) is 38.1 Å². The number of rotatable bonds is 6. The Morgan fingerprint density at radius 3 is 2.57 bits per heavy atom. The van der Waals surface area contributed by atoms with Gasteiger partial charge in [0.1, 0.15) is 0 Å². The average molecular weight is 289 g/mol. The smallest absolute Gasteiger partial charge is 0.310 e. The highest BCUT2D eigenvalue weighted by atomic mass is 16.4. The topological polar surface area (TPSA) is 66.4 Å². The number of carboxylic acid groups (broad SMARTS) is 1. The molecule has 1 aliphatic carbocycles. The number of benzene rings is 1. The summed E-state index contributed by atoms with van der Waals surface area (Å²) in [6.45, 7) is 3.66. The Kier molecular flexibility index (Phi) is 4.66. The second kappa shape index (κ2) is 6.29. The van der Waals surface area contributed by atoms with Crippen LogP contribution in [0.25, 0.3) is 0 Å². The van der Waals surface area contributed by atoms with Gasteiger partial charge in [0.15, 0.2) is 0 Å². The molecule has 1 aromatic rings. The Morgan fingerprint density at radius 2 is 1.95 bits per heavy atom. The van der Waals surface area contributed by atoms with Crippen molar-refractivity contribution in [1.29, 1.82) is 0 Å². The Labute approximate surface area is 125 Å². The average Bonchev–Trinajstić information content (AvgIpc) is 2.88. The van der Waals surface area contributed by atoms with Gasteiger partial charge in [-0.15, -0.1) is 0 Å². The lowest BCUT2D eigenvalue weighted by Gasteiger charge is -2.26. The number of aliphatic carboxylic acids is 1. The minimum atomic E-state index is -0.942. The molecular weight excluding hydrogens is 266 g/mol. The summed E-state index contributed by atoms with van der Waals surface area (Å²) in [4.78, 5) is 23.7. The second-order valence-electron chi connectivity index (χ2n) is 5.83. The maximum Gasteiger partial charge on any atom is 0.310 e. The van der Waals surface area contributed by atoms with Crippen LogP contribution < -0.4 is 5.32 Å². The van der Waals surface area contributed by atoms with E-state index in [1.807, 2.05) is 32.0 Å². The first kappa shape index (κ1) is 15.5. The van der Waals surface area contributed by atoms with E-state index in [1.54, 1.807) is 0 Å². The molecule has 0 aliphatic heterocycles. The Hall–Kier alpha value is -1.84. The van der Waals surface area contributed by atoms with Crippen LogP contribution in [0.3, 0.4) is 0 Å². The molecule has 0 aromatic heterocycles.